The molecule has 2 bridgehead atoms. The zero-order valence-corrected chi connectivity index (χ0v) is 33.0. The molecule has 2 aliphatic heterocycles. The smallest absolute Gasteiger partial charge is 0.408 e. The van der Waals surface area contributed by atoms with Crippen molar-refractivity contribution in [3.63, 3.8) is 0 Å². The molecule has 2 aromatic rings. The summed E-state index contributed by atoms with van der Waals surface area (Å²) in [7, 11) is -2.61. The zero-order valence-electron chi connectivity index (χ0n) is 32.2. The highest BCUT2D eigenvalue weighted by Crippen LogP contribution is 2.49. The van der Waals surface area contributed by atoms with Crippen molar-refractivity contribution in [1.29, 1.82) is 0 Å². The molecule has 8 atom stereocenters. The second-order valence-electron chi connectivity index (χ2n) is 17.0. The van der Waals surface area contributed by atoms with Gasteiger partial charge in [-0.05, 0) is 68.4 Å². The first kappa shape index (κ1) is 39.9. The number of carbonyl (C=O) groups excluding carboxylic acids is 4. The number of carbonyl (C=O) groups is 4. The van der Waals surface area contributed by atoms with Crippen LogP contribution in [-0.4, -0.2) is 102 Å². The molecule has 3 N–H and O–H groups in total. The molecular weight excluding hydrogens is 755 g/mol. The fourth-order valence-corrected chi connectivity index (χ4v) is 9.34. The van der Waals surface area contributed by atoms with E-state index in [0.717, 1.165) is 25.7 Å². The van der Waals surface area contributed by atoms with Crippen LogP contribution >= 0.6 is 0 Å². The van der Waals surface area contributed by atoms with E-state index in [0.29, 0.717) is 48.2 Å². The molecule has 3 heterocycles. The number of fused-ring (bicyclic) bond motifs is 5. The van der Waals surface area contributed by atoms with Gasteiger partial charge in [0, 0.05) is 12.0 Å². The Morgan fingerprint density at radius 1 is 1.05 bits per heavy atom. The lowest BCUT2D eigenvalue weighted by Gasteiger charge is -2.36. The number of nitrogens with one attached hydrogen (secondary N) is 3. The van der Waals surface area contributed by atoms with Gasteiger partial charge in [-0.25, -0.2) is 32.0 Å². The lowest BCUT2D eigenvalue weighted by atomic mass is 9.85. The molecule has 1 aromatic heterocycles. The van der Waals surface area contributed by atoms with Gasteiger partial charge in [0.1, 0.15) is 41.3 Å². The first-order valence-electron chi connectivity index (χ1n) is 19.4. The van der Waals surface area contributed by atoms with Gasteiger partial charge in [-0.15, -0.1) is 0 Å². The van der Waals surface area contributed by atoms with E-state index < -0.39 is 92.9 Å². The number of sulfonamides is 1. The van der Waals surface area contributed by atoms with E-state index in [9.17, 15) is 36.4 Å². The fourth-order valence-electron chi connectivity index (χ4n) is 7.97. The van der Waals surface area contributed by atoms with Crippen molar-refractivity contribution in [3.05, 3.63) is 23.9 Å². The van der Waals surface area contributed by atoms with E-state index in [1.54, 1.807) is 45.9 Å². The van der Waals surface area contributed by atoms with Crippen LogP contribution in [0.25, 0.3) is 11.0 Å². The molecule has 1 unspecified atom stereocenters. The van der Waals surface area contributed by atoms with Crippen LogP contribution in [0.2, 0.25) is 0 Å². The summed E-state index contributed by atoms with van der Waals surface area (Å²) in [6.07, 6.45) is -0.193. The third-order valence-corrected chi connectivity index (χ3v) is 13.6. The Hall–Kier alpha value is -4.35. The van der Waals surface area contributed by atoms with Gasteiger partial charge in [-0.3, -0.25) is 19.1 Å². The first-order valence-corrected chi connectivity index (χ1v) is 20.9. The van der Waals surface area contributed by atoms with Gasteiger partial charge in [0.05, 0.1) is 35.9 Å². The molecular formula is C38H50F2N6O9S. The lowest BCUT2D eigenvalue weighted by molar-refractivity contribution is -0.143. The monoisotopic (exact) mass is 804 g/mol. The molecule has 306 valence electrons. The molecule has 3 aliphatic carbocycles. The second kappa shape index (κ2) is 14.9. The standard InChI is InChI=1S/C38H50F2N6O9S/c1-19-28-18-46(29(19)32(47)44-38(17-23(38)31(39)40)35(49)45-56(51,52)22-12-13-22)34(48)30(37(2,3)4)43-36(50)55-27-15-20(27)9-7-6-8-10-25-33(54-28)42-26-16-21(53-5)11-14-24(26)41-25/h11,14,16,19-20,22-23,27-31H,6-10,12-13,15,17-18H2,1-5H3,(H,43,50)(H,44,47)(H,45,49)/t19-,20?,23+,27-,28+,29+,30-,38-/m1/s1. The SMILES string of the molecule is COc1ccc2nc3c(nc2c1)O[C@H]1CN(C(=O)[C@H](C(C)(C)C)NC(=O)O[C@@H]2CC2CCCCC3)[C@H](C(=O)N[C@]2(C(=O)NS(=O)(=O)C3CC3)C[C@H]2C(F)F)[C@@H]1C. The normalized spacial score (nSPS) is 31.1. The number of aryl methyl sites for hydroxylation is 1. The fraction of sp³-hybridized carbons (Fsp3) is 0.684. The number of ether oxygens (including phenoxy) is 3. The number of alkyl carbamates (subject to hydrolysis) is 1. The van der Waals surface area contributed by atoms with Gasteiger partial charge < -0.3 is 29.7 Å². The quantitative estimate of drug-likeness (QED) is 0.370. The molecule has 1 aromatic carbocycles. The zero-order chi connectivity index (χ0) is 40.3. The average Bonchev–Trinajstić information content (AvgIpc) is 4.03. The predicted octanol–water partition coefficient (Wildman–Crippen LogP) is 3.63. The van der Waals surface area contributed by atoms with Crippen molar-refractivity contribution in [2.24, 2.45) is 23.2 Å². The molecule has 18 heteroatoms. The minimum atomic E-state index is -4.14. The predicted molar refractivity (Wildman–Crippen MR) is 197 cm³/mol. The van der Waals surface area contributed by atoms with Crippen LogP contribution in [0.15, 0.2) is 18.2 Å². The Morgan fingerprint density at radius 3 is 2.46 bits per heavy atom. The molecule has 56 heavy (non-hydrogen) atoms. The highest BCUT2D eigenvalue weighted by Gasteiger charge is 2.67. The van der Waals surface area contributed by atoms with Crippen molar-refractivity contribution in [1.82, 2.24) is 30.2 Å². The van der Waals surface area contributed by atoms with Crippen LogP contribution in [0.3, 0.4) is 0 Å². The highest BCUT2D eigenvalue weighted by atomic mass is 32.2. The van der Waals surface area contributed by atoms with E-state index >= 15 is 0 Å². The summed E-state index contributed by atoms with van der Waals surface area (Å²) >= 11 is 0. The summed E-state index contributed by atoms with van der Waals surface area (Å²) in [5.41, 5.74) is -1.42. The highest BCUT2D eigenvalue weighted by molar-refractivity contribution is 7.91. The van der Waals surface area contributed by atoms with E-state index in [-0.39, 0.29) is 24.4 Å². The maximum atomic E-state index is 14.7. The van der Waals surface area contributed by atoms with Crippen LogP contribution in [-0.2, 0) is 35.6 Å². The van der Waals surface area contributed by atoms with Gasteiger partial charge >= 0.3 is 6.09 Å². The Labute approximate surface area is 324 Å². The summed E-state index contributed by atoms with van der Waals surface area (Å²) in [5.74, 6) is -4.38. The van der Waals surface area contributed by atoms with Gasteiger partial charge in [0.25, 0.3) is 5.91 Å². The summed E-state index contributed by atoms with van der Waals surface area (Å²) < 4.78 is 73.5. The topological polar surface area (TPSA) is 195 Å². The number of rotatable bonds is 7. The van der Waals surface area contributed by atoms with Crippen molar-refractivity contribution in [2.75, 3.05) is 13.7 Å². The van der Waals surface area contributed by atoms with Crippen LogP contribution in [0.1, 0.15) is 84.8 Å². The molecule has 3 saturated carbocycles. The Kier molecular flexibility index (Phi) is 10.6. The maximum Gasteiger partial charge on any atom is 0.408 e. The van der Waals surface area contributed by atoms with E-state index in [2.05, 4.69) is 10.6 Å². The number of methoxy groups -OCH3 is 1. The first-order chi connectivity index (χ1) is 26.4. The maximum absolute atomic E-state index is 14.7. The number of alkyl halides is 2. The molecule has 0 radical (unpaired) electrons. The van der Waals surface area contributed by atoms with Crippen LogP contribution in [0.4, 0.5) is 13.6 Å². The number of halogens is 2. The van der Waals surface area contributed by atoms with Gasteiger partial charge in [-0.1, -0.05) is 40.5 Å². The number of benzene rings is 1. The molecule has 15 nitrogen and oxygen atoms in total. The number of hydrogen-bond donors (Lipinski definition) is 3. The third kappa shape index (κ3) is 8.07. The van der Waals surface area contributed by atoms with E-state index in [1.165, 1.54) is 12.0 Å². The van der Waals surface area contributed by atoms with Crippen molar-refractivity contribution < 1.29 is 50.6 Å². The van der Waals surface area contributed by atoms with Crippen molar-refractivity contribution in [2.45, 2.75) is 127 Å². The van der Waals surface area contributed by atoms with Crippen molar-refractivity contribution >= 4 is 44.9 Å². The average molecular weight is 805 g/mol. The van der Waals surface area contributed by atoms with Crippen molar-refractivity contribution in [3.8, 4) is 11.6 Å². The molecule has 7 rings (SSSR count). The lowest BCUT2D eigenvalue weighted by Crippen LogP contribution is -2.61. The Bertz CT molecular complexity index is 2010. The summed E-state index contributed by atoms with van der Waals surface area (Å²) in [5, 5.41) is 4.38. The summed E-state index contributed by atoms with van der Waals surface area (Å²) in [6.45, 7) is 6.70. The Morgan fingerprint density at radius 2 is 1.80 bits per heavy atom. The molecule has 0 spiro atoms. The van der Waals surface area contributed by atoms with Gasteiger partial charge in [0.2, 0.25) is 34.1 Å². The Balaban J connectivity index is 1.25. The van der Waals surface area contributed by atoms with Gasteiger partial charge in [0.15, 0.2) is 0 Å². The minimum Gasteiger partial charge on any atom is -0.497 e. The number of hydrogen-bond acceptors (Lipinski definition) is 11. The summed E-state index contributed by atoms with van der Waals surface area (Å²) in [6, 6.07) is 2.70. The largest absolute Gasteiger partial charge is 0.497 e. The molecule has 5 aliphatic rings. The minimum absolute atomic E-state index is 0.184. The van der Waals surface area contributed by atoms with Crippen LogP contribution < -0.4 is 24.8 Å². The number of amides is 4. The van der Waals surface area contributed by atoms with Crippen LogP contribution in [0.5, 0.6) is 11.6 Å². The molecule has 4 amide bonds. The van der Waals surface area contributed by atoms with Crippen LogP contribution in [0, 0.1) is 23.2 Å². The number of aromatic nitrogens is 2. The van der Waals surface area contributed by atoms with E-state index in [1.807, 2.05) is 4.72 Å². The molecule has 4 fully saturated rings. The summed E-state index contributed by atoms with van der Waals surface area (Å²) in [4.78, 5) is 66.8. The van der Waals surface area contributed by atoms with E-state index in [4.69, 9.17) is 24.2 Å². The second-order valence-corrected chi connectivity index (χ2v) is 19.0. The third-order valence-electron chi connectivity index (χ3n) is 11.8. The van der Waals surface area contributed by atoms with Gasteiger partial charge in [-0.2, -0.15) is 0 Å². The number of nitrogens with zero attached hydrogens (tertiary/aromatic N) is 3. The molecule has 1 saturated heterocycles.